The Bertz CT molecular complexity index is 287. The highest BCUT2D eigenvalue weighted by Gasteiger charge is 2.12. The molecule has 0 saturated heterocycles. The Morgan fingerprint density at radius 3 is 3.13 bits per heavy atom. The van der Waals surface area contributed by atoms with Crippen molar-refractivity contribution in [2.75, 3.05) is 0 Å². The summed E-state index contributed by atoms with van der Waals surface area (Å²) in [5, 5.41) is 5.57. The van der Waals surface area contributed by atoms with Crippen molar-refractivity contribution in [3.8, 4) is 0 Å². The summed E-state index contributed by atoms with van der Waals surface area (Å²) in [7, 11) is 0. The van der Waals surface area contributed by atoms with Gasteiger partial charge in [0.25, 0.3) is 0 Å². The van der Waals surface area contributed by atoms with Crippen LogP contribution in [-0.4, -0.2) is 16.9 Å². The van der Waals surface area contributed by atoms with Crippen molar-refractivity contribution in [3.63, 3.8) is 0 Å². The highest BCUT2D eigenvalue weighted by atomic mass is 32.1. The van der Waals surface area contributed by atoms with Crippen LogP contribution in [0.15, 0.2) is 11.6 Å². The quantitative estimate of drug-likeness (QED) is 0.769. The molecule has 5 heteroatoms. The van der Waals surface area contributed by atoms with Crippen molar-refractivity contribution in [1.82, 2.24) is 10.3 Å². The van der Waals surface area contributed by atoms with E-state index in [1.54, 1.807) is 6.20 Å². The zero-order chi connectivity index (χ0) is 11.1. The van der Waals surface area contributed by atoms with E-state index in [-0.39, 0.29) is 11.9 Å². The molecule has 0 bridgehead atoms. The normalized spacial score (nSPS) is 12.4. The molecule has 1 aromatic rings. The van der Waals surface area contributed by atoms with Crippen molar-refractivity contribution in [2.45, 2.75) is 38.8 Å². The maximum Gasteiger partial charge on any atom is 0.237 e. The fourth-order valence-electron chi connectivity index (χ4n) is 1.19. The highest BCUT2D eigenvalue weighted by Crippen LogP contribution is 2.03. The number of hydrogen-bond donors (Lipinski definition) is 2. The molecular formula is C10H17N3OS. The second kappa shape index (κ2) is 6.53. The van der Waals surface area contributed by atoms with Crippen LogP contribution in [0.2, 0.25) is 0 Å². The molecule has 1 amide bonds. The van der Waals surface area contributed by atoms with Gasteiger partial charge < -0.3 is 11.1 Å². The molecule has 1 unspecified atom stereocenters. The Labute approximate surface area is 93.9 Å². The summed E-state index contributed by atoms with van der Waals surface area (Å²) in [4.78, 5) is 15.6. The third-order valence-corrected chi connectivity index (χ3v) is 2.88. The number of unbranched alkanes of at least 4 members (excludes halogenated alkanes) is 1. The molecule has 0 radical (unpaired) electrons. The van der Waals surface area contributed by atoms with Gasteiger partial charge in [-0.05, 0) is 6.42 Å². The molecule has 1 heterocycles. The monoisotopic (exact) mass is 227 g/mol. The van der Waals surface area contributed by atoms with E-state index in [0.717, 1.165) is 24.3 Å². The van der Waals surface area contributed by atoms with Gasteiger partial charge in [-0.3, -0.25) is 4.79 Å². The number of carbonyl (C=O) groups excluding carboxylic acids is 1. The average molecular weight is 227 g/mol. The van der Waals surface area contributed by atoms with Crippen molar-refractivity contribution < 1.29 is 4.79 Å². The highest BCUT2D eigenvalue weighted by molar-refractivity contribution is 7.09. The summed E-state index contributed by atoms with van der Waals surface area (Å²) in [6, 6.07) is -0.384. The van der Waals surface area contributed by atoms with Gasteiger partial charge in [-0.1, -0.05) is 19.8 Å². The number of aromatic nitrogens is 1. The summed E-state index contributed by atoms with van der Waals surface area (Å²) in [6.45, 7) is 2.57. The van der Waals surface area contributed by atoms with Gasteiger partial charge in [-0.15, -0.1) is 11.3 Å². The lowest BCUT2D eigenvalue weighted by atomic mass is 10.1. The SMILES string of the molecule is CCCCC(N)C(=O)NCc1nccs1. The number of nitrogens with one attached hydrogen (secondary N) is 1. The first-order chi connectivity index (χ1) is 7.24. The standard InChI is InChI=1S/C10H17N3OS/c1-2-3-4-8(11)10(14)13-7-9-12-5-6-15-9/h5-6,8H,2-4,7,11H2,1H3,(H,13,14). The predicted octanol–water partition coefficient (Wildman–Crippen LogP) is 1.28. The van der Waals surface area contributed by atoms with E-state index in [4.69, 9.17) is 5.73 Å². The smallest absolute Gasteiger partial charge is 0.237 e. The van der Waals surface area contributed by atoms with E-state index in [1.807, 2.05) is 5.38 Å². The van der Waals surface area contributed by atoms with Crippen LogP contribution >= 0.6 is 11.3 Å². The van der Waals surface area contributed by atoms with Crippen LogP contribution in [0.5, 0.6) is 0 Å². The molecule has 0 spiro atoms. The summed E-state index contributed by atoms with van der Waals surface area (Å²) in [6.07, 6.45) is 4.53. The molecule has 1 atom stereocenters. The molecular weight excluding hydrogens is 210 g/mol. The Hall–Kier alpha value is -0.940. The number of amides is 1. The Balaban J connectivity index is 2.23. The third kappa shape index (κ3) is 4.40. The molecule has 0 aliphatic heterocycles. The number of nitrogens with two attached hydrogens (primary N) is 1. The average Bonchev–Trinajstić information content (AvgIpc) is 2.75. The van der Waals surface area contributed by atoms with Crippen LogP contribution < -0.4 is 11.1 Å². The van der Waals surface area contributed by atoms with E-state index in [1.165, 1.54) is 11.3 Å². The van der Waals surface area contributed by atoms with Gasteiger partial charge in [0, 0.05) is 11.6 Å². The minimum atomic E-state index is -0.384. The van der Waals surface area contributed by atoms with Crippen LogP contribution in [-0.2, 0) is 11.3 Å². The van der Waals surface area contributed by atoms with E-state index < -0.39 is 0 Å². The summed E-state index contributed by atoms with van der Waals surface area (Å²) >= 11 is 1.53. The maximum atomic E-state index is 11.5. The molecule has 1 rings (SSSR count). The number of hydrogen-bond acceptors (Lipinski definition) is 4. The fourth-order valence-corrected chi connectivity index (χ4v) is 1.75. The Kier molecular flexibility index (Phi) is 5.28. The van der Waals surface area contributed by atoms with E-state index in [9.17, 15) is 4.79 Å². The predicted molar refractivity (Wildman–Crippen MR) is 61.5 cm³/mol. The summed E-state index contributed by atoms with van der Waals surface area (Å²) < 4.78 is 0. The molecule has 4 nitrogen and oxygen atoms in total. The molecule has 1 aromatic heterocycles. The number of rotatable bonds is 6. The van der Waals surface area contributed by atoms with Crippen molar-refractivity contribution >= 4 is 17.2 Å². The van der Waals surface area contributed by atoms with Gasteiger partial charge in [0.05, 0.1) is 12.6 Å². The number of nitrogens with zero attached hydrogens (tertiary/aromatic N) is 1. The van der Waals surface area contributed by atoms with Crippen molar-refractivity contribution in [2.24, 2.45) is 5.73 Å². The van der Waals surface area contributed by atoms with Crippen LogP contribution in [0.3, 0.4) is 0 Å². The minimum absolute atomic E-state index is 0.0846. The van der Waals surface area contributed by atoms with Crippen molar-refractivity contribution in [1.29, 1.82) is 0 Å². The van der Waals surface area contributed by atoms with Gasteiger partial charge in [-0.2, -0.15) is 0 Å². The first-order valence-corrected chi connectivity index (χ1v) is 6.03. The van der Waals surface area contributed by atoms with E-state index in [2.05, 4.69) is 17.2 Å². The van der Waals surface area contributed by atoms with Crippen molar-refractivity contribution in [3.05, 3.63) is 16.6 Å². The van der Waals surface area contributed by atoms with Gasteiger partial charge in [0.15, 0.2) is 0 Å². The zero-order valence-corrected chi connectivity index (χ0v) is 9.72. The Morgan fingerprint density at radius 2 is 2.53 bits per heavy atom. The summed E-state index contributed by atoms with van der Waals surface area (Å²) in [5.74, 6) is -0.0846. The van der Waals surface area contributed by atoms with E-state index in [0.29, 0.717) is 6.54 Å². The lowest BCUT2D eigenvalue weighted by Gasteiger charge is -2.10. The van der Waals surface area contributed by atoms with Gasteiger partial charge >= 0.3 is 0 Å². The van der Waals surface area contributed by atoms with Gasteiger partial charge in [-0.25, -0.2) is 4.98 Å². The van der Waals surface area contributed by atoms with Crippen LogP contribution in [0.4, 0.5) is 0 Å². The molecule has 0 saturated carbocycles. The largest absolute Gasteiger partial charge is 0.348 e. The third-order valence-electron chi connectivity index (χ3n) is 2.10. The minimum Gasteiger partial charge on any atom is -0.348 e. The lowest BCUT2D eigenvalue weighted by molar-refractivity contribution is -0.122. The molecule has 0 aliphatic carbocycles. The molecule has 3 N–H and O–H groups in total. The lowest BCUT2D eigenvalue weighted by Crippen LogP contribution is -2.40. The molecule has 84 valence electrons. The van der Waals surface area contributed by atoms with Crippen LogP contribution in [0.1, 0.15) is 31.2 Å². The van der Waals surface area contributed by atoms with Crippen LogP contribution in [0, 0.1) is 0 Å². The number of thiazole rings is 1. The second-order valence-electron chi connectivity index (χ2n) is 3.39. The maximum absolute atomic E-state index is 11.5. The summed E-state index contributed by atoms with van der Waals surface area (Å²) in [5.41, 5.74) is 5.71. The molecule has 0 fully saturated rings. The van der Waals surface area contributed by atoms with Gasteiger partial charge in [0.1, 0.15) is 5.01 Å². The second-order valence-corrected chi connectivity index (χ2v) is 4.37. The van der Waals surface area contributed by atoms with Crippen LogP contribution in [0.25, 0.3) is 0 Å². The zero-order valence-electron chi connectivity index (χ0n) is 8.90. The first kappa shape index (κ1) is 12.1. The molecule has 15 heavy (non-hydrogen) atoms. The molecule has 0 aromatic carbocycles. The first-order valence-electron chi connectivity index (χ1n) is 5.15. The van der Waals surface area contributed by atoms with E-state index >= 15 is 0 Å². The molecule has 0 aliphatic rings. The van der Waals surface area contributed by atoms with Gasteiger partial charge in [0.2, 0.25) is 5.91 Å². The topological polar surface area (TPSA) is 68.0 Å². The Morgan fingerprint density at radius 1 is 1.73 bits per heavy atom. The fraction of sp³-hybridized carbons (Fsp3) is 0.600. The number of carbonyl (C=O) groups is 1.